The molecule has 2 aromatic rings. The van der Waals surface area contributed by atoms with E-state index in [1.165, 1.54) is 12.1 Å². The Kier molecular flexibility index (Phi) is 4.53. The lowest BCUT2D eigenvalue weighted by molar-refractivity contribution is 0.0685. The normalized spacial score (nSPS) is 16.6. The second-order valence-electron chi connectivity index (χ2n) is 6.02. The van der Waals surface area contributed by atoms with Gasteiger partial charge in [-0.25, -0.2) is 12.7 Å². The van der Waals surface area contributed by atoms with Crippen molar-refractivity contribution >= 4 is 15.9 Å². The number of fused-ring (bicyclic) bond motifs is 1. The van der Waals surface area contributed by atoms with Crippen LogP contribution in [0.2, 0.25) is 0 Å². The van der Waals surface area contributed by atoms with Crippen LogP contribution in [0.3, 0.4) is 0 Å². The van der Waals surface area contributed by atoms with Crippen LogP contribution in [0.15, 0.2) is 47.4 Å². The summed E-state index contributed by atoms with van der Waals surface area (Å²) in [6.07, 6.45) is -1.13. The fourth-order valence-electron chi connectivity index (χ4n) is 2.86. The fourth-order valence-corrected chi connectivity index (χ4v) is 4.47. The van der Waals surface area contributed by atoms with Crippen LogP contribution in [-0.2, 0) is 10.0 Å². The summed E-state index contributed by atoms with van der Waals surface area (Å²) in [7, 11) is -3.92. The monoisotopic (exact) mass is 361 g/mol. The van der Waals surface area contributed by atoms with Crippen LogP contribution in [0.5, 0.6) is 5.75 Å². The van der Waals surface area contributed by atoms with Crippen LogP contribution in [0.25, 0.3) is 0 Å². The molecule has 0 saturated carbocycles. The van der Waals surface area contributed by atoms with E-state index in [4.69, 9.17) is 4.74 Å². The summed E-state index contributed by atoms with van der Waals surface area (Å²) < 4.78 is 31.3. The van der Waals surface area contributed by atoms with E-state index < -0.39 is 22.0 Å². The van der Waals surface area contributed by atoms with Gasteiger partial charge in [-0.05, 0) is 37.1 Å². The van der Waals surface area contributed by atoms with Crippen molar-refractivity contribution in [3.05, 3.63) is 59.2 Å². The fraction of sp³-hybridized carbons (Fsp3) is 0.278. The number of rotatable bonds is 5. The molecule has 3 rings (SSSR count). The van der Waals surface area contributed by atoms with E-state index in [0.717, 1.165) is 11.1 Å². The third-order valence-electron chi connectivity index (χ3n) is 4.12. The van der Waals surface area contributed by atoms with Gasteiger partial charge in [-0.15, -0.1) is 0 Å². The molecule has 6 nitrogen and oxygen atoms in total. The van der Waals surface area contributed by atoms with Crippen molar-refractivity contribution in [1.29, 1.82) is 0 Å². The Bertz CT molecular complexity index is 903. The van der Waals surface area contributed by atoms with Crippen molar-refractivity contribution < 1.29 is 23.1 Å². The van der Waals surface area contributed by atoms with E-state index >= 15 is 0 Å². The zero-order valence-corrected chi connectivity index (χ0v) is 14.8. The van der Waals surface area contributed by atoms with Gasteiger partial charge in [0.05, 0.1) is 12.1 Å². The van der Waals surface area contributed by atoms with Gasteiger partial charge in [-0.1, -0.05) is 30.3 Å². The zero-order chi connectivity index (χ0) is 18.2. The number of ether oxygens (including phenoxy) is 1. The Balaban J connectivity index is 1.72. The summed E-state index contributed by atoms with van der Waals surface area (Å²) in [5, 5.41) is 10.2. The lowest BCUT2D eigenvalue weighted by atomic mass is 10.1. The zero-order valence-electron chi connectivity index (χ0n) is 14.0. The molecular formula is C18H19NO5S. The maximum absolute atomic E-state index is 12.5. The second kappa shape index (κ2) is 6.50. The minimum absolute atomic E-state index is 0.0251. The second-order valence-corrected chi connectivity index (χ2v) is 7.85. The van der Waals surface area contributed by atoms with E-state index in [-0.39, 0.29) is 23.6 Å². The molecule has 1 aliphatic rings. The number of aliphatic hydroxyl groups excluding tert-OH is 1. The van der Waals surface area contributed by atoms with Gasteiger partial charge in [0, 0.05) is 0 Å². The van der Waals surface area contributed by atoms with Crippen LogP contribution in [0.4, 0.5) is 0 Å². The minimum atomic E-state index is -3.92. The molecule has 1 atom stereocenters. The third kappa shape index (κ3) is 3.12. The smallest absolute Gasteiger partial charge is 0.269 e. The molecule has 1 amide bonds. The largest absolute Gasteiger partial charge is 0.490 e. The molecule has 0 unspecified atom stereocenters. The Morgan fingerprint density at radius 2 is 1.72 bits per heavy atom. The van der Waals surface area contributed by atoms with Gasteiger partial charge in [0.25, 0.3) is 15.9 Å². The number of sulfonamides is 1. The van der Waals surface area contributed by atoms with E-state index in [0.29, 0.717) is 10.1 Å². The highest BCUT2D eigenvalue weighted by Gasteiger charge is 2.41. The Labute approximate surface area is 146 Å². The molecule has 2 aromatic carbocycles. The highest BCUT2D eigenvalue weighted by Crippen LogP contribution is 2.30. The molecule has 1 aliphatic heterocycles. The van der Waals surface area contributed by atoms with Gasteiger partial charge in [-0.2, -0.15) is 0 Å². The molecule has 0 aliphatic carbocycles. The molecular weight excluding hydrogens is 342 g/mol. The van der Waals surface area contributed by atoms with Gasteiger partial charge in [0.15, 0.2) is 0 Å². The van der Waals surface area contributed by atoms with Crippen LogP contribution in [-0.4, -0.2) is 43.0 Å². The molecule has 0 radical (unpaired) electrons. The van der Waals surface area contributed by atoms with E-state index in [1.54, 1.807) is 12.1 Å². The summed E-state index contributed by atoms with van der Waals surface area (Å²) >= 11 is 0. The summed E-state index contributed by atoms with van der Waals surface area (Å²) in [6, 6.07) is 11.7. The number of nitrogens with zero attached hydrogens (tertiary/aromatic N) is 1. The van der Waals surface area contributed by atoms with Crippen LogP contribution >= 0.6 is 0 Å². The predicted molar refractivity (Wildman–Crippen MR) is 92.1 cm³/mol. The number of β-amino-alcohol motifs (C(OH)–C–C–N with tert-alkyl or cyclic N) is 1. The minimum Gasteiger partial charge on any atom is -0.490 e. The Hall–Kier alpha value is -2.38. The number of hydrogen-bond acceptors (Lipinski definition) is 5. The highest BCUT2D eigenvalue weighted by atomic mass is 32.2. The topological polar surface area (TPSA) is 83.9 Å². The molecule has 0 spiro atoms. The van der Waals surface area contributed by atoms with E-state index in [2.05, 4.69) is 0 Å². The molecule has 1 heterocycles. The summed E-state index contributed by atoms with van der Waals surface area (Å²) in [4.78, 5) is 12.3. The number of carbonyl (C=O) groups excluding carboxylic acids is 1. The predicted octanol–water partition coefficient (Wildman–Crippen LogP) is 1.89. The van der Waals surface area contributed by atoms with Crippen molar-refractivity contribution in [2.75, 3.05) is 13.2 Å². The van der Waals surface area contributed by atoms with Gasteiger partial charge in [0.1, 0.15) is 23.4 Å². The first kappa shape index (κ1) is 17.4. The third-order valence-corrected chi connectivity index (χ3v) is 5.92. The standard InChI is InChI=1S/C18H19NO5S/c1-12-6-5-7-13(2)17(12)24-11-14(20)10-19-18(21)15-8-3-4-9-16(15)25(19,22)23/h3-9,14,20H,10-11H2,1-2H3/t14-/m1/s1. The van der Waals surface area contributed by atoms with Crippen molar-refractivity contribution in [2.24, 2.45) is 0 Å². The first-order chi connectivity index (χ1) is 11.8. The van der Waals surface area contributed by atoms with Crippen LogP contribution in [0.1, 0.15) is 21.5 Å². The van der Waals surface area contributed by atoms with E-state index in [9.17, 15) is 18.3 Å². The number of benzene rings is 2. The van der Waals surface area contributed by atoms with Gasteiger partial charge < -0.3 is 9.84 Å². The number of hydrogen-bond donors (Lipinski definition) is 1. The van der Waals surface area contributed by atoms with Gasteiger partial charge >= 0.3 is 0 Å². The molecule has 1 N–H and O–H groups in total. The number of para-hydroxylation sites is 1. The molecule has 0 saturated heterocycles. The summed E-state index contributed by atoms with van der Waals surface area (Å²) in [5.74, 6) is 0.0298. The van der Waals surface area contributed by atoms with Crippen molar-refractivity contribution in [2.45, 2.75) is 24.8 Å². The molecule has 0 bridgehead atoms. The van der Waals surface area contributed by atoms with Crippen molar-refractivity contribution in [3.63, 3.8) is 0 Å². The molecule has 7 heteroatoms. The Morgan fingerprint density at radius 1 is 1.08 bits per heavy atom. The lowest BCUT2D eigenvalue weighted by Gasteiger charge is -2.20. The van der Waals surface area contributed by atoms with Gasteiger partial charge in [-0.3, -0.25) is 4.79 Å². The average Bonchev–Trinajstić information content (AvgIpc) is 2.76. The van der Waals surface area contributed by atoms with Crippen molar-refractivity contribution in [1.82, 2.24) is 4.31 Å². The molecule has 0 fully saturated rings. The van der Waals surface area contributed by atoms with Crippen LogP contribution < -0.4 is 4.74 Å². The number of aliphatic hydroxyl groups is 1. The Morgan fingerprint density at radius 3 is 2.36 bits per heavy atom. The maximum Gasteiger partial charge on any atom is 0.269 e. The number of aryl methyl sites for hydroxylation is 2. The summed E-state index contributed by atoms with van der Waals surface area (Å²) in [5.41, 5.74) is 1.97. The molecule has 0 aromatic heterocycles. The van der Waals surface area contributed by atoms with Crippen molar-refractivity contribution in [3.8, 4) is 5.75 Å². The van der Waals surface area contributed by atoms with Gasteiger partial charge in [0.2, 0.25) is 0 Å². The summed E-state index contributed by atoms with van der Waals surface area (Å²) in [6.45, 7) is 3.32. The molecule has 25 heavy (non-hydrogen) atoms. The quantitative estimate of drug-likeness (QED) is 0.879. The molecule has 132 valence electrons. The first-order valence-electron chi connectivity index (χ1n) is 7.85. The lowest BCUT2D eigenvalue weighted by Crippen LogP contribution is -2.39. The van der Waals surface area contributed by atoms with E-state index in [1.807, 2.05) is 32.0 Å². The average molecular weight is 361 g/mol. The number of amides is 1. The highest BCUT2D eigenvalue weighted by molar-refractivity contribution is 7.90. The van der Waals surface area contributed by atoms with Crippen LogP contribution in [0, 0.1) is 13.8 Å². The number of carbonyl (C=O) groups is 1. The maximum atomic E-state index is 12.5. The first-order valence-corrected chi connectivity index (χ1v) is 9.29. The SMILES string of the molecule is Cc1cccc(C)c1OC[C@H](O)CN1C(=O)c2ccccc2S1(=O)=O.